The first-order valence-corrected chi connectivity index (χ1v) is 11.5. The zero-order chi connectivity index (χ0) is 25.4. The second kappa shape index (κ2) is 9.41. The van der Waals surface area contributed by atoms with Crippen LogP contribution in [0.15, 0.2) is 4.42 Å². The van der Waals surface area contributed by atoms with Gasteiger partial charge in [-0.3, -0.25) is 4.79 Å². The fourth-order valence-electron chi connectivity index (χ4n) is 3.15. The van der Waals surface area contributed by atoms with E-state index in [2.05, 4.69) is 15.3 Å². The Bertz CT molecular complexity index is 1290. The van der Waals surface area contributed by atoms with Gasteiger partial charge in [-0.15, -0.1) is 11.3 Å². The van der Waals surface area contributed by atoms with E-state index in [1.54, 1.807) is 41.5 Å². The summed E-state index contributed by atoms with van der Waals surface area (Å²) >= 11 is 1.31. The molecule has 3 heterocycles. The van der Waals surface area contributed by atoms with Crippen LogP contribution in [0.4, 0.5) is 10.8 Å². The van der Waals surface area contributed by atoms with Crippen LogP contribution in [-0.2, 0) is 20.9 Å². The summed E-state index contributed by atoms with van der Waals surface area (Å²) in [7, 11) is 0. The van der Waals surface area contributed by atoms with Crippen LogP contribution >= 0.6 is 11.3 Å². The van der Waals surface area contributed by atoms with Crippen molar-refractivity contribution in [2.45, 2.75) is 55.1 Å². The second-order valence-corrected chi connectivity index (χ2v) is 9.95. The number of aromatic nitrogens is 2. The number of nitrogens with zero attached hydrogens (tertiary/aromatic N) is 2. The smallest absolute Gasteiger partial charge is 0.342 e. The molecule has 0 aliphatic rings. The van der Waals surface area contributed by atoms with Gasteiger partial charge in [0.05, 0.1) is 17.6 Å². The van der Waals surface area contributed by atoms with Crippen LogP contribution in [0, 0.1) is 26.2 Å². The summed E-state index contributed by atoms with van der Waals surface area (Å²) in [5, 5.41) is 3.50. The number of hydrogen-bond donors (Lipinski definition) is 2. The van der Waals surface area contributed by atoms with Crippen LogP contribution in [-0.4, -0.2) is 34.4 Å². The number of carbonyl (C=O) groups excluding carboxylic acids is 3. The molecule has 3 rings (SSSR count). The molecule has 0 aromatic carbocycles. The Kier molecular flexibility index (Phi) is 6.97. The first-order valence-electron chi connectivity index (χ1n) is 10.7. The summed E-state index contributed by atoms with van der Waals surface area (Å²) in [4.78, 5) is 47.0. The third-order valence-electron chi connectivity index (χ3n) is 5.11. The number of thiophene rings is 1. The van der Waals surface area contributed by atoms with Crippen molar-refractivity contribution in [3.63, 3.8) is 0 Å². The normalized spacial score (nSPS) is 11.5. The average Bonchev–Trinajstić information content (AvgIpc) is 3.21. The molecular formula is C23H28N4O6S. The second-order valence-electron chi connectivity index (χ2n) is 8.73. The zero-order valence-electron chi connectivity index (χ0n) is 20.2. The Morgan fingerprint density at radius 1 is 1.06 bits per heavy atom. The van der Waals surface area contributed by atoms with E-state index in [0.717, 1.165) is 10.4 Å². The number of rotatable bonds is 6. The first kappa shape index (κ1) is 25.2. The molecule has 182 valence electrons. The van der Waals surface area contributed by atoms with Gasteiger partial charge in [0, 0.05) is 10.3 Å². The van der Waals surface area contributed by atoms with Crippen molar-refractivity contribution in [1.29, 1.82) is 0 Å². The van der Waals surface area contributed by atoms with Crippen molar-refractivity contribution < 1.29 is 28.3 Å². The van der Waals surface area contributed by atoms with Crippen LogP contribution in [0.5, 0.6) is 0 Å². The number of anilines is 2. The Morgan fingerprint density at radius 3 is 2.32 bits per heavy atom. The number of nitrogen functional groups attached to an aromatic ring is 1. The molecule has 0 saturated carbocycles. The van der Waals surface area contributed by atoms with E-state index in [9.17, 15) is 14.4 Å². The minimum absolute atomic E-state index is 0.0108. The Morgan fingerprint density at radius 2 is 1.71 bits per heavy atom. The molecular weight excluding hydrogens is 460 g/mol. The standard InChI is InChI=1S/C23H28N4O6S/c1-8-31-21(29)15-11(3)33-18-16(15)17(24)25-13(26-18)9-32-20(28)14-10(2)12(4)34-19(14)27-22(30)23(5,6)7/h8-9H2,1-7H3,(H,27,30)(H2,24,25,26). The van der Waals surface area contributed by atoms with Gasteiger partial charge in [0.15, 0.2) is 12.4 Å². The SMILES string of the molecule is CCOC(=O)c1c(C)oc2nc(COC(=O)c3c(NC(=O)C(C)(C)C)sc(C)c3C)nc(N)c12. The van der Waals surface area contributed by atoms with Gasteiger partial charge in [-0.1, -0.05) is 20.8 Å². The number of esters is 2. The Balaban J connectivity index is 1.85. The molecule has 0 bridgehead atoms. The van der Waals surface area contributed by atoms with Crippen molar-refractivity contribution in [3.05, 3.63) is 33.2 Å². The van der Waals surface area contributed by atoms with Gasteiger partial charge in [0.25, 0.3) is 0 Å². The molecule has 0 aliphatic carbocycles. The molecule has 3 aromatic rings. The number of hydrogen-bond acceptors (Lipinski definition) is 10. The molecule has 11 heteroatoms. The number of aryl methyl sites for hydroxylation is 2. The number of fused-ring (bicyclic) bond motifs is 1. The van der Waals surface area contributed by atoms with Crippen LogP contribution in [0.1, 0.15) is 70.4 Å². The fourth-order valence-corrected chi connectivity index (χ4v) is 4.19. The highest BCUT2D eigenvalue weighted by Crippen LogP contribution is 2.34. The number of carbonyl (C=O) groups is 3. The van der Waals surface area contributed by atoms with Gasteiger partial charge in [-0.2, -0.15) is 4.98 Å². The third-order valence-corrected chi connectivity index (χ3v) is 6.23. The lowest BCUT2D eigenvalue weighted by molar-refractivity contribution is -0.123. The van der Waals surface area contributed by atoms with Crippen molar-refractivity contribution in [2.24, 2.45) is 5.41 Å². The van der Waals surface area contributed by atoms with E-state index in [4.69, 9.17) is 19.6 Å². The van der Waals surface area contributed by atoms with Gasteiger partial charge in [0.2, 0.25) is 11.6 Å². The molecule has 0 unspecified atom stereocenters. The van der Waals surface area contributed by atoms with Crippen LogP contribution in [0.3, 0.4) is 0 Å². The lowest BCUT2D eigenvalue weighted by Gasteiger charge is -2.17. The maximum absolute atomic E-state index is 12.9. The molecule has 1 amide bonds. The maximum Gasteiger partial charge on any atom is 0.342 e. The van der Waals surface area contributed by atoms with E-state index in [-0.39, 0.29) is 53.0 Å². The number of nitrogens with two attached hydrogens (primary N) is 1. The summed E-state index contributed by atoms with van der Waals surface area (Å²) < 4.78 is 16.1. The first-order chi connectivity index (χ1) is 15.8. The average molecular weight is 489 g/mol. The molecule has 0 aliphatic heterocycles. The van der Waals surface area contributed by atoms with Crippen LogP contribution < -0.4 is 11.1 Å². The summed E-state index contributed by atoms with van der Waals surface area (Å²) in [6, 6.07) is 0. The molecule has 0 saturated heterocycles. The number of amides is 1. The van der Waals surface area contributed by atoms with Gasteiger partial charge in [-0.25, -0.2) is 14.6 Å². The quantitative estimate of drug-likeness (QED) is 0.484. The summed E-state index contributed by atoms with van der Waals surface area (Å²) in [6.07, 6.45) is 0. The molecule has 10 nitrogen and oxygen atoms in total. The molecule has 0 radical (unpaired) electrons. The number of furan rings is 1. The van der Waals surface area contributed by atoms with E-state index in [0.29, 0.717) is 10.8 Å². The molecule has 0 spiro atoms. The predicted octanol–water partition coefficient (Wildman–Crippen LogP) is 4.31. The Hall–Kier alpha value is -3.47. The highest BCUT2D eigenvalue weighted by Gasteiger charge is 2.28. The fraction of sp³-hybridized carbons (Fsp3) is 0.435. The summed E-state index contributed by atoms with van der Waals surface area (Å²) in [5.74, 6) is -1.01. The molecule has 3 aromatic heterocycles. The maximum atomic E-state index is 12.9. The Labute approximate surface area is 200 Å². The molecule has 0 atom stereocenters. The van der Waals surface area contributed by atoms with Gasteiger partial charge in [-0.05, 0) is 33.3 Å². The largest absolute Gasteiger partial charge is 0.462 e. The highest BCUT2D eigenvalue weighted by molar-refractivity contribution is 7.16. The number of nitrogens with one attached hydrogen (secondary N) is 1. The molecule has 3 N–H and O–H groups in total. The zero-order valence-corrected chi connectivity index (χ0v) is 21.1. The summed E-state index contributed by atoms with van der Waals surface area (Å²) in [6.45, 7) is 12.2. The molecule has 34 heavy (non-hydrogen) atoms. The summed E-state index contributed by atoms with van der Waals surface area (Å²) in [5.41, 5.74) is 6.71. The van der Waals surface area contributed by atoms with Gasteiger partial charge >= 0.3 is 11.9 Å². The van der Waals surface area contributed by atoms with E-state index in [1.165, 1.54) is 11.3 Å². The monoisotopic (exact) mass is 488 g/mol. The highest BCUT2D eigenvalue weighted by atomic mass is 32.1. The third kappa shape index (κ3) is 4.89. The van der Waals surface area contributed by atoms with Crippen LogP contribution in [0.2, 0.25) is 0 Å². The minimum Gasteiger partial charge on any atom is -0.462 e. The lowest BCUT2D eigenvalue weighted by Crippen LogP contribution is -2.28. The minimum atomic E-state index is -0.629. The van der Waals surface area contributed by atoms with Gasteiger partial charge in [0.1, 0.15) is 22.1 Å². The molecule has 0 fully saturated rings. The van der Waals surface area contributed by atoms with Crippen molar-refractivity contribution in [3.8, 4) is 0 Å². The van der Waals surface area contributed by atoms with Crippen molar-refractivity contribution >= 4 is 51.1 Å². The van der Waals surface area contributed by atoms with Gasteiger partial charge < -0.3 is 24.9 Å². The van der Waals surface area contributed by atoms with Crippen LogP contribution in [0.25, 0.3) is 11.1 Å². The van der Waals surface area contributed by atoms with E-state index >= 15 is 0 Å². The van der Waals surface area contributed by atoms with Crippen molar-refractivity contribution in [1.82, 2.24) is 9.97 Å². The lowest BCUT2D eigenvalue weighted by atomic mass is 9.96. The van der Waals surface area contributed by atoms with E-state index in [1.807, 2.05) is 6.92 Å². The predicted molar refractivity (Wildman–Crippen MR) is 128 cm³/mol. The topological polar surface area (TPSA) is 147 Å². The number of ether oxygens (including phenoxy) is 2. The van der Waals surface area contributed by atoms with E-state index < -0.39 is 17.4 Å². The van der Waals surface area contributed by atoms with Crippen molar-refractivity contribution in [2.75, 3.05) is 17.7 Å².